The molecule has 0 atom stereocenters. The summed E-state index contributed by atoms with van der Waals surface area (Å²) in [5, 5.41) is 8.22. The number of ether oxygens (including phenoxy) is 1. The lowest BCUT2D eigenvalue weighted by Gasteiger charge is -2.00. The third kappa shape index (κ3) is 3.74. The second kappa shape index (κ2) is 6.44. The molecule has 4 heteroatoms. The Morgan fingerprint density at radius 1 is 1.05 bits per heavy atom. The Hall–Kier alpha value is -2.49. The van der Waals surface area contributed by atoms with Crippen molar-refractivity contribution in [2.24, 2.45) is 10.2 Å². The molecule has 0 fully saturated rings. The number of carbonyl (C=O) groups is 1. The van der Waals surface area contributed by atoms with Crippen molar-refractivity contribution < 1.29 is 9.53 Å². The summed E-state index contributed by atoms with van der Waals surface area (Å²) in [6, 6.07) is 16.7. The Morgan fingerprint density at radius 2 is 1.74 bits per heavy atom. The van der Waals surface area contributed by atoms with Crippen LogP contribution in [0.2, 0.25) is 0 Å². The van der Waals surface area contributed by atoms with E-state index in [9.17, 15) is 4.79 Å². The van der Waals surface area contributed by atoms with E-state index in [1.165, 1.54) is 7.11 Å². The van der Waals surface area contributed by atoms with Crippen LogP contribution in [0.5, 0.6) is 0 Å². The number of benzene rings is 2. The molecule has 0 aliphatic carbocycles. The van der Waals surface area contributed by atoms with Crippen LogP contribution in [0.3, 0.4) is 0 Å². The lowest BCUT2D eigenvalue weighted by atomic mass is 10.1. The van der Waals surface area contributed by atoms with Gasteiger partial charge in [-0.05, 0) is 29.8 Å². The van der Waals surface area contributed by atoms with E-state index in [0.29, 0.717) is 12.1 Å². The van der Waals surface area contributed by atoms with Gasteiger partial charge in [0.1, 0.15) is 0 Å². The first kappa shape index (κ1) is 13.0. The second-order valence-corrected chi connectivity index (χ2v) is 3.92. The van der Waals surface area contributed by atoms with Gasteiger partial charge in [-0.2, -0.15) is 10.2 Å². The fourth-order valence-corrected chi connectivity index (χ4v) is 1.56. The summed E-state index contributed by atoms with van der Waals surface area (Å²) in [5.74, 6) is -0.336. The number of esters is 1. The van der Waals surface area contributed by atoms with Crippen LogP contribution in [0.4, 0.5) is 5.69 Å². The molecule has 4 nitrogen and oxygen atoms in total. The van der Waals surface area contributed by atoms with Crippen molar-refractivity contribution >= 4 is 11.7 Å². The van der Waals surface area contributed by atoms with E-state index in [2.05, 4.69) is 15.0 Å². The molecule has 2 rings (SSSR count). The molecule has 0 saturated carbocycles. The highest BCUT2D eigenvalue weighted by atomic mass is 16.5. The Morgan fingerprint density at radius 3 is 2.37 bits per heavy atom. The van der Waals surface area contributed by atoms with Gasteiger partial charge in [-0.25, -0.2) is 4.79 Å². The molecule has 0 saturated heterocycles. The van der Waals surface area contributed by atoms with Gasteiger partial charge in [0, 0.05) is 0 Å². The van der Waals surface area contributed by atoms with E-state index in [4.69, 9.17) is 0 Å². The smallest absolute Gasteiger partial charge is 0.337 e. The van der Waals surface area contributed by atoms with Crippen molar-refractivity contribution in [3.05, 3.63) is 65.7 Å². The Balaban J connectivity index is 1.97. The molecule has 96 valence electrons. The molecule has 0 bridgehead atoms. The molecule has 0 spiro atoms. The Labute approximate surface area is 111 Å². The zero-order valence-corrected chi connectivity index (χ0v) is 10.6. The average Bonchev–Trinajstić information content (AvgIpc) is 2.48. The van der Waals surface area contributed by atoms with Gasteiger partial charge < -0.3 is 4.74 Å². The number of rotatable bonds is 4. The molecular formula is C15H14N2O2. The summed E-state index contributed by atoms with van der Waals surface area (Å²) in [4.78, 5) is 11.3. The standard InChI is InChI=1S/C15H14N2O2/c1-19-15(18)13-9-7-12(8-10-13)11-16-17-14-5-3-2-4-6-14/h2-10H,11H2,1H3. The van der Waals surface area contributed by atoms with Crippen LogP contribution >= 0.6 is 0 Å². The van der Waals surface area contributed by atoms with Gasteiger partial charge in [0.2, 0.25) is 0 Å². The average molecular weight is 254 g/mol. The molecule has 0 amide bonds. The predicted octanol–water partition coefficient (Wildman–Crippen LogP) is 3.76. The molecule has 19 heavy (non-hydrogen) atoms. The van der Waals surface area contributed by atoms with Gasteiger partial charge in [-0.3, -0.25) is 0 Å². The third-order valence-electron chi connectivity index (χ3n) is 2.57. The Bertz CT molecular complexity index is 562. The van der Waals surface area contributed by atoms with Crippen molar-refractivity contribution in [3.8, 4) is 0 Å². The van der Waals surface area contributed by atoms with Crippen molar-refractivity contribution in [2.75, 3.05) is 7.11 Å². The van der Waals surface area contributed by atoms with Gasteiger partial charge in [0.15, 0.2) is 0 Å². The summed E-state index contributed by atoms with van der Waals surface area (Å²) in [5.41, 5.74) is 2.35. The fraction of sp³-hybridized carbons (Fsp3) is 0.133. The molecule has 2 aromatic carbocycles. The van der Waals surface area contributed by atoms with E-state index in [1.54, 1.807) is 12.1 Å². The lowest BCUT2D eigenvalue weighted by Crippen LogP contribution is -2.00. The maximum atomic E-state index is 11.3. The van der Waals surface area contributed by atoms with Crippen LogP contribution in [0.15, 0.2) is 64.8 Å². The van der Waals surface area contributed by atoms with E-state index < -0.39 is 0 Å². The zero-order valence-electron chi connectivity index (χ0n) is 10.6. The number of nitrogens with zero attached hydrogens (tertiary/aromatic N) is 2. The minimum atomic E-state index is -0.336. The van der Waals surface area contributed by atoms with Crippen molar-refractivity contribution in [2.45, 2.75) is 6.54 Å². The van der Waals surface area contributed by atoms with Gasteiger partial charge in [-0.15, -0.1) is 0 Å². The number of hydrogen-bond donors (Lipinski definition) is 0. The highest BCUT2D eigenvalue weighted by Crippen LogP contribution is 2.12. The Kier molecular flexibility index (Phi) is 4.39. The summed E-state index contributed by atoms with van der Waals surface area (Å²) in [6.45, 7) is 0.482. The fourth-order valence-electron chi connectivity index (χ4n) is 1.56. The summed E-state index contributed by atoms with van der Waals surface area (Å²) >= 11 is 0. The van der Waals surface area contributed by atoms with Gasteiger partial charge in [0.05, 0.1) is 24.9 Å². The quantitative estimate of drug-likeness (QED) is 0.616. The number of azo groups is 1. The SMILES string of the molecule is COC(=O)c1ccc(CN=Nc2ccccc2)cc1. The molecule has 0 radical (unpaired) electrons. The minimum Gasteiger partial charge on any atom is -0.465 e. The largest absolute Gasteiger partial charge is 0.465 e. The molecule has 2 aromatic rings. The first-order chi connectivity index (χ1) is 9.29. The number of carbonyl (C=O) groups excluding carboxylic acids is 1. The monoisotopic (exact) mass is 254 g/mol. The molecule has 0 heterocycles. The minimum absolute atomic E-state index is 0.336. The second-order valence-electron chi connectivity index (χ2n) is 3.92. The maximum absolute atomic E-state index is 11.3. The van der Waals surface area contributed by atoms with Crippen molar-refractivity contribution in [3.63, 3.8) is 0 Å². The molecular weight excluding hydrogens is 240 g/mol. The van der Waals surface area contributed by atoms with Crippen LogP contribution < -0.4 is 0 Å². The highest BCUT2D eigenvalue weighted by Gasteiger charge is 2.03. The first-order valence-corrected chi connectivity index (χ1v) is 5.89. The third-order valence-corrected chi connectivity index (χ3v) is 2.57. The number of hydrogen-bond acceptors (Lipinski definition) is 4. The van der Waals surface area contributed by atoms with Crippen molar-refractivity contribution in [1.29, 1.82) is 0 Å². The predicted molar refractivity (Wildman–Crippen MR) is 72.4 cm³/mol. The van der Waals surface area contributed by atoms with E-state index in [0.717, 1.165) is 11.3 Å². The van der Waals surface area contributed by atoms with Crippen LogP contribution in [-0.2, 0) is 11.3 Å². The topological polar surface area (TPSA) is 51.0 Å². The highest BCUT2D eigenvalue weighted by molar-refractivity contribution is 5.89. The molecule has 0 aromatic heterocycles. The van der Waals surface area contributed by atoms with E-state index >= 15 is 0 Å². The van der Waals surface area contributed by atoms with Gasteiger partial charge >= 0.3 is 5.97 Å². The zero-order chi connectivity index (χ0) is 13.5. The molecule has 0 aliphatic rings. The molecule has 0 N–H and O–H groups in total. The van der Waals surface area contributed by atoms with Crippen LogP contribution in [0, 0.1) is 0 Å². The van der Waals surface area contributed by atoms with Crippen molar-refractivity contribution in [1.82, 2.24) is 0 Å². The van der Waals surface area contributed by atoms with Crippen LogP contribution in [0.25, 0.3) is 0 Å². The molecule has 0 aliphatic heterocycles. The maximum Gasteiger partial charge on any atom is 0.337 e. The summed E-state index contributed by atoms with van der Waals surface area (Å²) < 4.78 is 4.63. The van der Waals surface area contributed by atoms with Gasteiger partial charge in [-0.1, -0.05) is 30.3 Å². The molecule has 0 unspecified atom stereocenters. The lowest BCUT2D eigenvalue weighted by molar-refractivity contribution is 0.0600. The van der Waals surface area contributed by atoms with Gasteiger partial charge in [0.25, 0.3) is 0 Å². The summed E-state index contributed by atoms with van der Waals surface area (Å²) in [6.07, 6.45) is 0. The van der Waals surface area contributed by atoms with E-state index in [1.807, 2.05) is 42.5 Å². The van der Waals surface area contributed by atoms with E-state index in [-0.39, 0.29) is 5.97 Å². The normalized spacial score (nSPS) is 10.6. The van der Waals surface area contributed by atoms with Crippen LogP contribution in [0.1, 0.15) is 15.9 Å². The number of methoxy groups -OCH3 is 1. The first-order valence-electron chi connectivity index (χ1n) is 5.89. The summed E-state index contributed by atoms with van der Waals surface area (Å²) in [7, 11) is 1.37. The van der Waals surface area contributed by atoms with Crippen LogP contribution in [-0.4, -0.2) is 13.1 Å².